The first-order valence-corrected chi connectivity index (χ1v) is 7.02. The van der Waals surface area contributed by atoms with Gasteiger partial charge in [0.05, 0.1) is 20.8 Å². The lowest BCUT2D eigenvalue weighted by molar-refractivity contribution is 0.191. The van der Waals surface area contributed by atoms with Gasteiger partial charge in [-0.05, 0) is 35.4 Å². The molecule has 0 spiro atoms. The molecule has 22 heavy (non-hydrogen) atoms. The zero-order valence-electron chi connectivity index (χ0n) is 12.6. The summed E-state index contributed by atoms with van der Waals surface area (Å²) in [4.78, 5) is 0. The third kappa shape index (κ3) is 3.30. The number of hydrazine groups is 2. The predicted molar refractivity (Wildman–Crippen MR) is 83.7 cm³/mol. The van der Waals surface area contributed by atoms with Crippen LogP contribution in [0.5, 0.6) is 17.2 Å². The molecule has 0 radical (unpaired) electrons. The Kier molecular flexibility index (Phi) is 4.43. The van der Waals surface area contributed by atoms with Crippen LogP contribution in [0.25, 0.3) is 11.1 Å². The fourth-order valence-corrected chi connectivity index (χ4v) is 2.26. The quantitative estimate of drug-likeness (QED) is 0.781. The minimum absolute atomic E-state index is 0.0808. The number of rotatable bonds is 5. The van der Waals surface area contributed by atoms with E-state index in [2.05, 4.69) is 16.4 Å². The third-order valence-corrected chi connectivity index (χ3v) is 3.43. The van der Waals surface area contributed by atoms with E-state index < -0.39 is 0 Å². The molecule has 1 unspecified atom stereocenters. The minimum Gasteiger partial charge on any atom is -0.497 e. The van der Waals surface area contributed by atoms with Crippen molar-refractivity contribution in [2.24, 2.45) is 0 Å². The van der Waals surface area contributed by atoms with Crippen molar-refractivity contribution >= 4 is 0 Å². The van der Waals surface area contributed by atoms with E-state index in [1.54, 1.807) is 14.2 Å². The van der Waals surface area contributed by atoms with Gasteiger partial charge in [0.2, 0.25) is 0 Å². The van der Waals surface area contributed by atoms with Crippen molar-refractivity contribution in [3.63, 3.8) is 0 Å². The molecule has 0 amide bonds. The number of benzene rings is 2. The van der Waals surface area contributed by atoms with Gasteiger partial charge in [-0.2, -0.15) is 5.53 Å². The van der Waals surface area contributed by atoms with E-state index in [1.165, 1.54) is 0 Å². The van der Waals surface area contributed by atoms with Crippen LogP contribution in [-0.2, 0) is 0 Å². The van der Waals surface area contributed by atoms with Crippen molar-refractivity contribution in [2.75, 3.05) is 20.8 Å². The van der Waals surface area contributed by atoms with Gasteiger partial charge in [-0.15, -0.1) is 0 Å². The van der Waals surface area contributed by atoms with Crippen LogP contribution in [-0.4, -0.2) is 27.0 Å². The molecule has 0 bridgehead atoms. The Morgan fingerprint density at radius 1 is 0.864 bits per heavy atom. The highest BCUT2D eigenvalue weighted by molar-refractivity contribution is 5.67. The largest absolute Gasteiger partial charge is 0.497 e. The minimum atomic E-state index is -0.0808. The van der Waals surface area contributed by atoms with Crippen LogP contribution in [0.1, 0.15) is 0 Å². The lowest BCUT2D eigenvalue weighted by Crippen LogP contribution is -2.36. The monoisotopic (exact) mass is 301 g/mol. The SMILES string of the molecule is COc1cc(OC)cc(-c2ccc(OC3CNNN3)cc2)c1. The molecule has 3 N–H and O–H groups in total. The van der Waals surface area contributed by atoms with Gasteiger partial charge in [0.1, 0.15) is 17.2 Å². The van der Waals surface area contributed by atoms with Crippen LogP contribution in [0, 0.1) is 0 Å². The molecule has 1 atom stereocenters. The summed E-state index contributed by atoms with van der Waals surface area (Å²) in [6.45, 7) is 0.703. The molecule has 6 heteroatoms. The summed E-state index contributed by atoms with van der Waals surface area (Å²) in [6.07, 6.45) is -0.0808. The molecule has 0 saturated carbocycles. The Hall–Kier alpha value is -2.28. The average molecular weight is 301 g/mol. The third-order valence-electron chi connectivity index (χ3n) is 3.43. The zero-order valence-corrected chi connectivity index (χ0v) is 12.6. The predicted octanol–water partition coefficient (Wildman–Crippen LogP) is 1.69. The first-order valence-electron chi connectivity index (χ1n) is 7.02. The average Bonchev–Trinajstić information content (AvgIpc) is 3.08. The van der Waals surface area contributed by atoms with Crippen molar-refractivity contribution in [3.05, 3.63) is 42.5 Å². The Morgan fingerprint density at radius 2 is 1.55 bits per heavy atom. The molecule has 1 aliphatic rings. The summed E-state index contributed by atoms with van der Waals surface area (Å²) in [5.41, 5.74) is 10.8. The summed E-state index contributed by atoms with van der Waals surface area (Å²) < 4.78 is 16.4. The Bertz CT molecular complexity index is 603. The van der Waals surface area contributed by atoms with Crippen LogP contribution >= 0.6 is 0 Å². The molecular formula is C16H19N3O3. The standard InChI is InChI=1S/C16H19N3O3/c1-20-14-7-12(8-15(9-14)21-2)11-3-5-13(6-4-11)22-16-10-17-19-18-16/h3-9,16-19H,10H2,1-2H3. The lowest BCUT2D eigenvalue weighted by atomic mass is 10.0. The molecule has 116 valence electrons. The number of ether oxygens (including phenoxy) is 3. The van der Waals surface area contributed by atoms with Crippen molar-refractivity contribution in [1.82, 2.24) is 16.4 Å². The fraction of sp³-hybridized carbons (Fsp3) is 0.250. The Labute approximate surface area is 129 Å². The molecular weight excluding hydrogens is 282 g/mol. The van der Waals surface area contributed by atoms with Crippen molar-refractivity contribution in [2.45, 2.75) is 6.23 Å². The van der Waals surface area contributed by atoms with Crippen molar-refractivity contribution in [3.8, 4) is 28.4 Å². The van der Waals surface area contributed by atoms with Crippen LogP contribution in [0.4, 0.5) is 0 Å². The summed E-state index contributed by atoms with van der Waals surface area (Å²) in [7, 11) is 3.29. The fourth-order valence-electron chi connectivity index (χ4n) is 2.26. The summed E-state index contributed by atoms with van der Waals surface area (Å²) in [5, 5.41) is 0. The van der Waals surface area contributed by atoms with Crippen LogP contribution < -0.4 is 30.6 Å². The van der Waals surface area contributed by atoms with Gasteiger partial charge in [-0.3, -0.25) is 0 Å². The number of hydrogen-bond donors (Lipinski definition) is 3. The van der Waals surface area contributed by atoms with Gasteiger partial charge in [-0.1, -0.05) is 12.1 Å². The summed E-state index contributed by atoms with van der Waals surface area (Å²) in [6, 6.07) is 13.7. The summed E-state index contributed by atoms with van der Waals surface area (Å²) in [5.74, 6) is 2.34. The van der Waals surface area contributed by atoms with Crippen LogP contribution in [0.2, 0.25) is 0 Å². The highest BCUT2D eigenvalue weighted by Crippen LogP contribution is 2.30. The molecule has 0 aliphatic carbocycles. The van der Waals surface area contributed by atoms with Gasteiger partial charge >= 0.3 is 0 Å². The highest BCUT2D eigenvalue weighted by atomic mass is 16.5. The van der Waals surface area contributed by atoms with Crippen LogP contribution in [0.15, 0.2) is 42.5 Å². The van der Waals surface area contributed by atoms with Crippen molar-refractivity contribution < 1.29 is 14.2 Å². The molecule has 1 aliphatic heterocycles. The van der Waals surface area contributed by atoms with E-state index in [4.69, 9.17) is 14.2 Å². The van der Waals surface area contributed by atoms with E-state index >= 15 is 0 Å². The molecule has 2 aromatic carbocycles. The first kappa shape index (κ1) is 14.6. The number of nitrogens with one attached hydrogen (secondary N) is 3. The molecule has 2 aromatic rings. The van der Waals surface area contributed by atoms with Gasteiger partial charge in [0.25, 0.3) is 0 Å². The van der Waals surface area contributed by atoms with Crippen molar-refractivity contribution in [1.29, 1.82) is 0 Å². The Morgan fingerprint density at radius 3 is 2.09 bits per heavy atom. The topological polar surface area (TPSA) is 63.8 Å². The zero-order chi connectivity index (χ0) is 15.4. The molecule has 1 heterocycles. The van der Waals surface area contributed by atoms with Gasteiger partial charge in [0.15, 0.2) is 6.23 Å². The second-order valence-electron chi connectivity index (χ2n) is 4.88. The number of methoxy groups -OCH3 is 2. The first-order chi connectivity index (χ1) is 10.8. The second-order valence-corrected chi connectivity index (χ2v) is 4.88. The normalized spacial score (nSPS) is 17.3. The summed E-state index contributed by atoms with van der Waals surface area (Å²) >= 11 is 0. The van der Waals surface area contributed by atoms with E-state index in [1.807, 2.05) is 42.5 Å². The van der Waals surface area contributed by atoms with E-state index in [0.717, 1.165) is 28.4 Å². The lowest BCUT2D eigenvalue weighted by Gasteiger charge is -2.13. The van der Waals surface area contributed by atoms with E-state index in [9.17, 15) is 0 Å². The molecule has 3 rings (SSSR count). The van der Waals surface area contributed by atoms with E-state index in [0.29, 0.717) is 6.54 Å². The molecule has 6 nitrogen and oxygen atoms in total. The van der Waals surface area contributed by atoms with Crippen LogP contribution in [0.3, 0.4) is 0 Å². The van der Waals surface area contributed by atoms with Gasteiger partial charge < -0.3 is 14.2 Å². The smallest absolute Gasteiger partial charge is 0.177 e. The maximum absolute atomic E-state index is 5.77. The maximum Gasteiger partial charge on any atom is 0.177 e. The van der Waals surface area contributed by atoms with E-state index in [-0.39, 0.29) is 6.23 Å². The highest BCUT2D eigenvalue weighted by Gasteiger charge is 2.14. The number of hydrogen-bond acceptors (Lipinski definition) is 6. The second kappa shape index (κ2) is 6.65. The van der Waals surface area contributed by atoms with Gasteiger partial charge in [0, 0.05) is 6.07 Å². The molecule has 0 aromatic heterocycles. The maximum atomic E-state index is 5.77. The molecule has 1 saturated heterocycles. The van der Waals surface area contributed by atoms with Gasteiger partial charge in [-0.25, -0.2) is 10.9 Å². The Balaban J connectivity index is 1.79. The molecule has 1 fully saturated rings.